The van der Waals surface area contributed by atoms with Crippen LogP contribution in [0.1, 0.15) is 6.92 Å². The van der Waals surface area contributed by atoms with Crippen LogP contribution in [0.4, 0.5) is 0 Å². The third-order valence-electron chi connectivity index (χ3n) is 1.78. The molecule has 60 valence electrons. The van der Waals surface area contributed by atoms with Gasteiger partial charge in [0, 0.05) is 5.25 Å². The molecule has 4 atom stereocenters. The minimum Gasteiger partial charge on any atom is -0.395 e. The molecule has 1 aliphatic rings. The molecule has 0 radical (unpaired) electrons. The summed E-state index contributed by atoms with van der Waals surface area (Å²) >= 11 is 1.43. The number of rotatable bonds is 1. The largest absolute Gasteiger partial charge is 0.395 e. The maximum Gasteiger partial charge on any atom is 0.0950 e. The summed E-state index contributed by atoms with van der Waals surface area (Å²) in [5.41, 5.74) is 0. The Morgan fingerprint density at radius 3 is 2.10 bits per heavy atom. The highest BCUT2D eigenvalue weighted by Crippen LogP contribution is 2.33. The van der Waals surface area contributed by atoms with Crippen LogP contribution in [-0.4, -0.2) is 44.6 Å². The molecule has 0 aliphatic carbocycles. The molecule has 0 unspecified atom stereocenters. The van der Waals surface area contributed by atoms with E-state index in [-0.39, 0.29) is 17.1 Å². The number of hydrogen-bond acceptors (Lipinski definition) is 4. The fourth-order valence-corrected chi connectivity index (χ4v) is 2.37. The van der Waals surface area contributed by atoms with Gasteiger partial charge in [-0.05, 0) is 0 Å². The fourth-order valence-electron chi connectivity index (χ4n) is 1.09. The summed E-state index contributed by atoms with van der Waals surface area (Å²) in [5.74, 6) is 0. The predicted octanol–water partition coefficient (Wildman–Crippen LogP) is -0.796. The van der Waals surface area contributed by atoms with E-state index in [0.717, 1.165) is 0 Å². The van der Waals surface area contributed by atoms with Gasteiger partial charge in [-0.3, -0.25) is 0 Å². The van der Waals surface area contributed by atoms with Crippen molar-refractivity contribution in [3.63, 3.8) is 0 Å². The quantitative estimate of drug-likeness (QED) is 0.475. The molecule has 0 aromatic heterocycles. The minimum atomic E-state index is -0.759. The van der Waals surface area contributed by atoms with Crippen molar-refractivity contribution in [2.24, 2.45) is 0 Å². The van der Waals surface area contributed by atoms with Gasteiger partial charge < -0.3 is 15.3 Å². The van der Waals surface area contributed by atoms with Gasteiger partial charge in [0.15, 0.2) is 0 Å². The van der Waals surface area contributed by atoms with Crippen LogP contribution in [0.25, 0.3) is 0 Å². The van der Waals surface area contributed by atoms with E-state index in [0.29, 0.717) is 0 Å². The van der Waals surface area contributed by atoms with Gasteiger partial charge in [-0.15, -0.1) is 11.8 Å². The van der Waals surface area contributed by atoms with E-state index < -0.39 is 12.2 Å². The summed E-state index contributed by atoms with van der Waals surface area (Å²) in [6, 6.07) is 0. The molecule has 1 saturated heterocycles. The van der Waals surface area contributed by atoms with Crippen molar-refractivity contribution >= 4 is 11.8 Å². The Hall–Kier alpha value is 0.230. The highest BCUT2D eigenvalue weighted by Gasteiger charge is 2.38. The Morgan fingerprint density at radius 2 is 1.90 bits per heavy atom. The van der Waals surface area contributed by atoms with E-state index in [1.165, 1.54) is 11.8 Å². The lowest BCUT2D eigenvalue weighted by Crippen LogP contribution is -2.32. The molecule has 0 spiro atoms. The Bertz CT molecular complexity index is 120. The Morgan fingerprint density at radius 1 is 1.30 bits per heavy atom. The first-order valence-corrected chi connectivity index (χ1v) is 4.23. The van der Waals surface area contributed by atoms with Gasteiger partial charge in [0.2, 0.25) is 0 Å². The highest BCUT2D eigenvalue weighted by molar-refractivity contribution is 8.00. The lowest BCUT2D eigenvalue weighted by Gasteiger charge is -2.11. The van der Waals surface area contributed by atoms with Gasteiger partial charge in [-0.1, -0.05) is 6.92 Å². The van der Waals surface area contributed by atoms with Crippen LogP contribution >= 0.6 is 11.8 Å². The maximum atomic E-state index is 9.20. The normalized spacial score (nSPS) is 48.0. The predicted molar refractivity (Wildman–Crippen MR) is 39.9 cm³/mol. The van der Waals surface area contributed by atoms with E-state index in [1.807, 2.05) is 6.92 Å². The van der Waals surface area contributed by atoms with Crippen molar-refractivity contribution in [3.05, 3.63) is 0 Å². The van der Waals surface area contributed by atoms with Crippen LogP contribution < -0.4 is 0 Å². The third kappa shape index (κ3) is 1.29. The topological polar surface area (TPSA) is 60.7 Å². The number of aliphatic hydroxyl groups excluding tert-OH is 3. The first kappa shape index (κ1) is 8.33. The molecule has 0 amide bonds. The summed E-state index contributed by atoms with van der Waals surface area (Å²) in [6.45, 7) is 1.78. The van der Waals surface area contributed by atoms with E-state index in [2.05, 4.69) is 0 Å². The van der Waals surface area contributed by atoms with Gasteiger partial charge in [0.1, 0.15) is 0 Å². The van der Waals surface area contributed by atoms with Gasteiger partial charge in [0.05, 0.1) is 24.1 Å². The monoisotopic (exact) mass is 164 g/mol. The van der Waals surface area contributed by atoms with Gasteiger partial charge in [-0.2, -0.15) is 0 Å². The lowest BCUT2D eigenvalue weighted by atomic mass is 10.1. The molecule has 1 rings (SSSR count). The second-order valence-corrected chi connectivity index (χ2v) is 4.16. The van der Waals surface area contributed by atoms with Crippen LogP contribution in [0.15, 0.2) is 0 Å². The molecule has 1 heterocycles. The summed E-state index contributed by atoms with van der Waals surface area (Å²) in [4.78, 5) is 0. The summed E-state index contributed by atoms with van der Waals surface area (Å²) in [7, 11) is 0. The van der Waals surface area contributed by atoms with Crippen molar-refractivity contribution in [1.29, 1.82) is 0 Å². The number of hydrogen-bond donors (Lipinski definition) is 3. The first-order chi connectivity index (χ1) is 4.66. The summed E-state index contributed by atoms with van der Waals surface area (Å²) < 4.78 is 0. The number of thioether (sulfide) groups is 1. The van der Waals surface area contributed by atoms with Crippen molar-refractivity contribution in [2.45, 2.75) is 29.6 Å². The fraction of sp³-hybridized carbons (Fsp3) is 1.00. The smallest absolute Gasteiger partial charge is 0.0950 e. The van der Waals surface area contributed by atoms with Gasteiger partial charge >= 0.3 is 0 Å². The lowest BCUT2D eigenvalue weighted by molar-refractivity contribution is 0.0221. The molecule has 0 aromatic rings. The van der Waals surface area contributed by atoms with Crippen LogP contribution in [0, 0.1) is 0 Å². The van der Waals surface area contributed by atoms with Crippen molar-refractivity contribution in [1.82, 2.24) is 0 Å². The van der Waals surface area contributed by atoms with Crippen molar-refractivity contribution in [3.8, 4) is 0 Å². The average molecular weight is 164 g/mol. The Kier molecular flexibility index (Phi) is 2.57. The molecule has 10 heavy (non-hydrogen) atoms. The van der Waals surface area contributed by atoms with E-state index in [9.17, 15) is 10.2 Å². The van der Waals surface area contributed by atoms with Crippen LogP contribution in [0.5, 0.6) is 0 Å². The van der Waals surface area contributed by atoms with Gasteiger partial charge in [-0.25, -0.2) is 0 Å². The zero-order valence-corrected chi connectivity index (χ0v) is 6.58. The Labute approximate surface area is 64.1 Å². The van der Waals surface area contributed by atoms with E-state index >= 15 is 0 Å². The first-order valence-electron chi connectivity index (χ1n) is 3.29. The number of aliphatic hydroxyl groups is 3. The molecular formula is C6H12O3S. The van der Waals surface area contributed by atoms with Crippen LogP contribution in [0.3, 0.4) is 0 Å². The second kappa shape index (κ2) is 3.09. The summed E-state index contributed by atoms with van der Waals surface area (Å²) in [6.07, 6.45) is -1.44. The molecule has 1 fully saturated rings. The molecule has 3 N–H and O–H groups in total. The molecule has 0 saturated carbocycles. The highest BCUT2D eigenvalue weighted by atomic mass is 32.2. The zero-order valence-electron chi connectivity index (χ0n) is 5.77. The summed E-state index contributed by atoms with van der Waals surface area (Å²) in [5, 5.41) is 26.9. The third-order valence-corrected chi connectivity index (χ3v) is 3.27. The molecule has 4 heteroatoms. The minimum absolute atomic E-state index is 0.0344. The zero-order chi connectivity index (χ0) is 7.72. The standard InChI is InChI=1S/C6H12O3S/c1-3-5(8)6(9)4(2-7)10-3/h3-9H,2H2,1H3/t3-,4+,5+,6+/m0/s1. The average Bonchev–Trinajstić information content (AvgIpc) is 2.17. The second-order valence-electron chi connectivity index (χ2n) is 2.54. The molecule has 0 aromatic carbocycles. The molecule has 3 nitrogen and oxygen atoms in total. The molecule has 1 aliphatic heterocycles. The SMILES string of the molecule is C[C@@H]1S[C@H](CO)[C@@H](O)[C@@H]1O. The Balaban J connectivity index is 2.53. The van der Waals surface area contributed by atoms with Crippen molar-refractivity contribution in [2.75, 3.05) is 6.61 Å². The van der Waals surface area contributed by atoms with E-state index in [4.69, 9.17) is 5.11 Å². The van der Waals surface area contributed by atoms with Crippen molar-refractivity contribution < 1.29 is 15.3 Å². The molecular weight excluding hydrogens is 152 g/mol. The van der Waals surface area contributed by atoms with Crippen LogP contribution in [0.2, 0.25) is 0 Å². The van der Waals surface area contributed by atoms with Crippen LogP contribution in [-0.2, 0) is 0 Å². The van der Waals surface area contributed by atoms with E-state index in [1.54, 1.807) is 0 Å². The van der Waals surface area contributed by atoms with Gasteiger partial charge in [0.25, 0.3) is 0 Å². The molecule has 0 bridgehead atoms. The maximum absolute atomic E-state index is 9.20.